The van der Waals surface area contributed by atoms with Crippen LogP contribution in [0.2, 0.25) is 0 Å². The highest BCUT2D eigenvalue weighted by Crippen LogP contribution is 2.33. The van der Waals surface area contributed by atoms with E-state index in [2.05, 4.69) is 5.32 Å². The molecule has 0 saturated heterocycles. The number of para-hydroxylation sites is 1. The molecule has 1 N–H and O–H groups in total. The maximum atomic E-state index is 12.8. The third-order valence-electron chi connectivity index (χ3n) is 3.73. The highest BCUT2D eigenvalue weighted by molar-refractivity contribution is 7.98. The van der Waals surface area contributed by atoms with Gasteiger partial charge in [-0.15, -0.1) is 23.4 Å². The minimum absolute atomic E-state index is 0.179. The van der Waals surface area contributed by atoms with E-state index in [0.29, 0.717) is 17.0 Å². The first-order chi connectivity index (χ1) is 12.1. The molecule has 0 saturated carbocycles. The summed E-state index contributed by atoms with van der Waals surface area (Å²) in [5.41, 5.74) is -0.207. The van der Waals surface area contributed by atoms with E-state index in [-0.39, 0.29) is 11.8 Å². The molecule has 0 fully saturated rings. The van der Waals surface area contributed by atoms with E-state index in [1.54, 1.807) is 32.0 Å². The van der Waals surface area contributed by atoms with Gasteiger partial charge < -0.3 is 5.32 Å². The standard InChI is InChI=1S/C19H19ClF3NOS/c1-18(2,12-20)17(25)24-15-8-3-4-9-16(15)26-11-13-6-5-7-14(10-13)19(21,22)23/h3-10H,11-12H2,1-2H3,(H,24,25). The number of hydrogen-bond acceptors (Lipinski definition) is 2. The monoisotopic (exact) mass is 401 g/mol. The average molecular weight is 402 g/mol. The van der Waals surface area contributed by atoms with Crippen LogP contribution >= 0.6 is 23.4 Å². The van der Waals surface area contributed by atoms with E-state index < -0.39 is 17.2 Å². The molecule has 0 spiro atoms. The number of thioether (sulfide) groups is 1. The summed E-state index contributed by atoms with van der Waals surface area (Å²) in [7, 11) is 0. The smallest absolute Gasteiger partial charge is 0.325 e. The lowest BCUT2D eigenvalue weighted by Crippen LogP contribution is -2.32. The Kier molecular flexibility index (Phi) is 6.64. The molecule has 0 aromatic heterocycles. The van der Waals surface area contributed by atoms with Gasteiger partial charge >= 0.3 is 6.18 Å². The number of carbonyl (C=O) groups excluding carboxylic acids is 1. The van der Waals surface area contributed by atoms with Crippen molar-refractivity contribution in [3.05, 3.63) is 59.7 Å². The molecule has 0 atom stereocenters. The van der Waals surface area contributed by atoms with Crippen LogP contribution in [0.4, 0.5) is 18.9 Å². The summed E-state index contributed by atoms with van der Waals surface area (Å²) in [6.07, 6.45) is -4.36. The summed E-state index contributed by atoms with van der Waals surface area (Å²) in [5, 5.41) is 2.85. The van der Waals surface area contributed by atoms with Crippen molar-refractivity contribution in [3.8, 4) is 0 Å². The molecule has 0 aliphatic heterocycles. The number of nitrogens with one attached hydrogen (secondary N) is 1. The fourth-order valence-electron chi connectivity index (χ4n) is 2.05. The molecular weight excluding hydrogens is 383 g/mol. The molecule has 2 nitrogen and oxygen atoms in total. The van der Waals surface area contributed by atoms with Gasteiger partial charge in [-0.05, 0) is 37.6 Å². The summed E-state index contributed by atoms with van der Waals surface area (Å²) in [6.45, 7) is 3.49. The molecule has 0 aliphatic carbocycles. The number of alkyl halides is 4. The summed E-state index contributed by atoms with van der Waals surface area (Å²) >= 11 is 7.19. The van der Waals surface area contributed by atoms with E-state index in [4.69, 9.17) is 11.6 Å². The number of hydrogen-bond donors (Lipinski definition) is 1. The number of carbonyl (C=O) groups is 1. The van der Waals surface area contributed by atoms with Crippen LogP contribution in [0, 0.1) is 5.41 Å². The topological polar surface area (TPSA) is 29.1 Å². The Morgan fingerprint density at radius 1 is 1.12 bits per heavy atom. The van der Waals surface area contributed by atoms with Crippen molar-refractivity contribution in [2.24, 2.45) is 5.41 Å². The van der Waals surface area contributed by atoms with Crippen molar-refractivity contribution in [3.63, 3.8) is 0 Å². The number of amides is 1. The number of anilines is 1. The Labute approximate surface area is 160 Å². The Hall–Kier alpha value is -1.66. The van der Waals surface area contributed by atoms with Gasteiger partial charge in [0, 0.05) is 16.5 Å². The molecule has 0 radical (unpaired) electrons. The van der Waals surface area contributed by atoms with Crippen LogP contribution in [-0.2, 0) is 16.7 Å². The zero-order valence-electron chi connectivity index (χ0n) is 14.4. The first-order valence-electron chi connectivity index (χ1n) is 7.89. The highest BCUT2D eigenvalue weighted by atomic mass is 35.5. The van der Waals surface area contributed by atoms with Gasteiger partial charge in [0.1, 0.15) is 0 Å². The number of rotatable bonds is 6. The summed E-state index contributed by atoms with van der Waals surface area (Å²) in [6, 6.07) is 12.4. The normalized spacial score (nSPS) is 12.1. The van der Waals surface area contributed by atoms with Gasteiger partial charge in [-0.2, -0.15) is 13.2 Å². The van der Waals surface area contributed by atoms with E-state index in [9.17, 15) is 18.0 Å². The highest BCUT2D eigenvalue weighted by Gasteiger charge is 2.30. The third kappa shape index (κ3) is 5.42. The fourth-order valence-corrected chi connectivity index (χ4v) is 3.12. The number of halogens is 4. The van der Waals surface area contributed by atoms with E-state index in [1.807, 2.05) is 12.1 Å². The van der Waals surface area contributed by atoms with Crippen molar-refractivity contribution in [1.82, 2.24) is 0 Å². The van der Waals surface area contributed by atoms with Crippen LogP contribution in [0.1, 0.15) is 25.0 Å². The zero-order chi connectivity index (χ0) is 19.4. The van der Waals surface area contributed by atoms with Crippen LogP contribution in [0.3, 0.4) is 0 Å². The summed E-state index contributed by atoms with van der Waals surface area (Å²) < 4.78 is 38.5. The molecular formula is C19H19ClF3NOS. The lowest BCUT2D eigenvalue weighted by molar-refractivity contribution is -0.137. The Morgan fingerprint density at radius 3 is 2.46 bits per heavy atom. The molecule has 1 amide bonds. The van der Waals surface area contributed by atoms with Gasteiger partial charge in [0.25, 0.3) is 0 Å². The second-order valence-corrected chi connectivity index (χ2v) is 7.74. The molecule has 140 valence electrons. The first-order valence-corrected chi connectivity index (χ1v) is 9.41. The minimum atomic E-state index is -4.36. The minimum Gasteiger partial charge on any atom is -0.325 e. The molecule has 0 heterocycles. The lowest BCUT2D eigenvalue weighted by atomic mass is 9.95. The van der Waals surface area contributed by atoms with Gasteiger partial charge in [-0.3, -0.25) is 4.79 Å². The molecule has 2 rings (SSSR count). The molecule has 0 aliphatic rings. The molecule has 7 heteroatoms. The second-order valence-electron chi connectivity index (χ2n) is 6.45. The quantitative estimate of drug-likeness (QED) is 0.461. The predicted molar refractivity (Wildman–Crippen MR) is 101 cm³/mol. The maximum Gasteiger partial charge on any atom is 0.416 e. The van der Waals surface area contributed by atoms with Crippen molar-refractivity contribution in [1.29, 1.82) is 0 Å². The third-order valence-corrected chi connectivity index (χ3v) is 5.55. The van der Waals surface area contributed by atoms with Crippen molar-refractivity contribution in [2.45, 2.75) is 30.7 Å². The Morgan fingerprint density at radius 2 is 1.81 bits per heavy atom. The number of benzene rings is 2. The molecule has 0 unspecified atom stereocenters. The molecule has 26 heavy (non-hydrogen) atoms. The Balaban J connectivity index is 2.13. The van der Waals surface area contributed by atoms with Crippen molar-refractivity contribution in [2.75, 3.05) is 11.2 Å². The van der Waals surface area contributed by atoms with Gasteiger partial charge in [0.15, 0.2) is 0 Å². The zero-order valence-corrected chi connectivity index (χ0v) is 15.9. The lowest BCUT2D eigenvalue weighted by Gasteiger charge is -2.21. The SMILES string of the molecule is CC(C)(CCl)C(=O)Nc1ccccc1SCc1cccc(C(F)(F)F)c1. The molecule has 0 bridgehead atoms. The average Bonchev–Trinajstić information content (AvgIpc) is 2.60. The molecule has 2 aromatic carbocycles. The van der Waals surface area contributed by atoms with Gasteiger partial charge in [-0.1, -0.05) is 30.3 Å². The van der Waals surface area contributed by atoms with Crippen LogP contribution in [-0.4, -0.2) is 11.8 Å². The van der Waals surface area contributed by atoms with Crippen molar-refractivity contribution >= 4 is 35.0 Å². The van der Waals surface area contributed by atoms with Gasteiger partial charge in [0.05, 0.1) is 16.7 Å². The maximum absolute atomic E-state index is 12.8. The van der Waals surface area contributed by atoms with Crippen LogP contribution < -0.4 is 5.32 Å². The van der Waals surface area contributed by atoms with Crippen LogP contribution in [0.15, 0.2) is 53.4 Å². The van der Waals surface area contributed by atoms with Gasteiger partial charge in [-0.25, -0.2) is 0 Å². The van der Waals surface area contributed by atoms with Crippen LogP contribution in [0.5, 0.6) is 0 Å². The van der Waals surface area contributed by atoms with Gasteiger partial charge in [0.2, 0.25) is 5.91 Å². The summed E-state index contributed by atoms with van der Waals surface area (Å²) in [5.74, 6) is 0.327. The summed E-state index contributed by atoms with van der Waals surface area (Å²) in [4.78, 5) is 13.1. The predicted octanol–water partition coefficient (Wildman–Crippen LogP) is 6.20. The second kappa shape index (κ2) is 8.35. The molecule has 2 aromatic rings. The van der Waals surface area contributed by atoms with E-state index >= 15 is 0 Å². The van der Waals surface area contributed by atoms with E-state index in [1.165, 1.54) is 17.8 Å². The van der Waals surface area contributed by atoms with Crippen LogP contribution in [0.25, 0.3) is 0 Å². The fraction of sp³-hybridized carbons (Fsp3) is 0.316. The largest absolute Gasteiger partial charge is 0.416 e. The first kappa shape index (κ1) is 20.6. The van der Waals surface area contributed by atoms with E-state index in [0.717, 1.165) is 17.0 Å². The van der Waals surface area contributed by atoms with Crippen molar-refractivity contribution < 1.29 is 18.0 Å². The Bertz CT molecular complexity index is 777.